The average Bonchev–Trinajstić information content (AvgIpc) is 3.43. The largest absolute Gasteiger partial charge is 0.465 e. The average molecular weight is 451 g/mol. The van der Waals surface area contributed by atoms with Crippen LogP contribution in [0.25, 0.3) is 6.08 Å². The molecule has 2 aromatic heterocycles. The molecule has 0 amide bonds. The molecule has 3 aromatic rings. The van der Waals surface area contributed by atoms with E-state index in [1.807, 2.05) is 42.1 Å². The predicted octanol–water partition coefficient (Wildman–Crippen LogP) is 4.93. The van der Waals surface area contributed by atoms with Gasteiger partial charge in [0.2, 0.25) is 0 Å². The van der Waals surface area contributed by atoms with Gasteiger partial charge in [-0.15, -0.1) is 0 Å². The molecular formula is C27H35FN4O. The fourth-order valence-corrected chi connectivity index (χ4v) is 4.99. The van der Waals surface area contributed by atoms with Crippen LogP contribution >= 0.6 is 0 Å². The number of benzene rings is 1. The molecule has 1 saturated heterocycles. The van der Waals surface area contributed by atoms with Crippen LogP contribution in [0.5, 0.6) is 0 Å². The maximum atomic E-state index is 14.5. The van der Waals surface area contributed by atoms with E-state index in [1.54, 1.807) is 18.4 Å². The zero-order chi connectivity index (χ0) is 23.2. The van der Waals surface area contributed by atoms with E-state index >= 15 is 0 Å². The molecule has 1 atom stereocenters. The van der Waals surface area contributed by atoms with Gasteiger partial charge in [0.15, 0.2) is 0 Å². The van der Waals surface area contributed by atoms with Crippen molar-refractivity contribution in [3.05, 3.63) is 83.3 Å². The van der Waals surface area contributed by atoms with Gasteiger partial charge in [0.1, 0.15) is 11.6 Å². The first-order valence-electron chi connectivity index (χ1n) is 11.8. The van der Waals surface area contributed by atoms with Gasteiger partial charge in [-0.05, 0) is 82.1 Å². The summed E-state index contributed by atoms with van der Waals surface area (Å²) in [4.78, 5) is 4.90. The molecule has 33 heavy (non-hydrogen) atoms. The lowest BCUT2D eigenvalue weighted by atomic mass is 9.84. The topological polar surface area (TPSA) is 37.4 Å². The zero-order valence-electron chi connectivity index (χ0n) is 20.0. The number of nitrogens with zero attached hydrogens (tertiary/aromatic N) is 4. The molecule has 0 radical (unpaired) electrons. The van der Waals surface area contributed by atoms with E-state index in [0.717, 1.165) is 62.5 Å². The number of furan rings is 1. The summed E-state index contributed by atoms with van der Waals surface area (Å²) in [6, 6.07) is 11.4. The first kappa shape index (κ1) is 23.5. The van der Waals surface area contributed by atoms with Crippen LogP contribution in [-0.4, -0.2) is 52.3 Å². The van der Waals surface area contributed by atoms with Gasteiger partial charge in [-0.3, -0.25) is 14.5 Å². The number of aromatic nitrogens is 2. The van der Waals surface area contributed by atoms with Crippen molar-refractivity contribution in [3.8, 4) is 0 Å². The minimum Gasteiger partial charge on any atom is -0.465 e. The van der Waals surface area contributed by atoms with Crippen LogP contribution in [0.2, 0.25) is 0 Å². The molecule has 0 N–H and O–H groups in total. The Morgan fingerprint density at radius 1 is 1.18 bits per heavy atom. The summed E-state index contributed by atoms with van der Waals surface area (Å²) in [7, 11) is 4.14. The van der Waals surface area contributed by atoms with E-state index < -0.39 is 0 Å². The van der Waals surface area contributed by atoms with E-state index in [1.165, 1.54) is 5.56 Å². The highest BCUT2D eigenvalue weighted by Gasteiger charge is 2.30. The lowest BCUT2D eigenvalue weighted by molar-refractivity contribution is 0.103. The van der Waals surface area contributed by atoms with Gasteiger partial charge >= 0.3 is 0 Å². The standard InChI is InChI=1S/C27H35FN4O/c1-21-24(20-31(3)29-21)19-30(2)27(18-23-8-4-5-11-26(23)28)22-12-15-32(16-13-22)14-6-9-25-10-7-17-33-25/h4-11,17,20,22,27H,12-16,18-19H2,1-3H3/b9-6+/t27-/m1/s1. The second-order valence-corrected chi connectivity index (χ2v) is 9.25. The predicted molar refractivity (Wildman–Crippen MR) is 130 cm³/mol. The Bertz CT molecular complexity index is 1030. The summed E-state index contributed by atoms with van der Waals surface area (Å²) in [5, 5.41) is 4.50. The molecular weight excluding hydrogens is 415 g/mol. The minimum absolute atomic E-state index is 0.103. The number of aryl methyl sites for hydroxylation is 2. The molecule has 1 aliphatic heterocycles. The summed E-state index contributed by atoms with van der Waals surface area (Å²) >= 11 is 0. The molecule has 4 rings (SSSR count). The molecule has 6 heteroatoms. The number of halogens is 1. The second kappa shape index (κ2) is 10.9. The van der Waals surface area contributed by atoms with Crippen LogP contribution in [0, 0.1) is 18.7 Å². The molecule has 1 aromatic carbocycles. The number of hydrogen-bond donors (Lipinski definition) is 0. The van der Waals surface area contributed by atoms with E-state index in [2.05, 4.69) is 41.1 Å². The Hall–Kier alpha value is -2.70. The normalized spacial score (nSPS) is 16.8. The molecule has 0 unspecified atom stereocenters. The molecule has 3 heterocycles. The number of hydrogen-bond acceptors (Lipinski definition) is 4. The first-order valence-corrected chi connectivity index (χ1v) is 11.8. The molecule has 0 bridgehead atoms. The fraction of sp³-hybridized carbons (Fsp3) is 0.444. The fourth-order valence-electron chi connectivity index (χ4n) is 4.99. The Morgan fingerprint density at radius 2 is 1.97 bits per heavy atom. The monoisotopic (exact) mass is 450 g/mol. The summed E-state index contributed by atoms with van der Waals surface area (Å²) in [6.07, 6.45) is 11.0. The van der Waals surface area contributed by atoms with Crippen LogP contribution in [-0.2, 0) is 20.0 Å². The van der Waals surface area contributed by atoms with Gasteiger partial charge in [0.25, 0.3) is 0 Å². The molecule has 0 aliphatic carbocycles. The summed E-state index contributed by atoms with van der Waals surface area (Å²) in [6.45, 7) is 5.92. The third kappa shape index (κ3) is 6.21. The van der Waals surface area contributed by atoms with Gasteiger partial charge in [0, 0.05) is 37.9 Å². The van der Waals surface area contributed by atoms with Crippen molar-refractivity contribution in [1.82, 2.24) is 19.6 Å². The number of likely N-dealkylation sites (N-methyl/N-ethyl adjacent to an activating group) is 1. The van der Waals surface area contributed by atoms with Gasteiger partial charge in [-0.1, -0.05) is 24.3 Å². The summed E-state index contributed by atoms with van der Waals surface area (Å²) < 4.78 is 21.8. The molecule has 1 aliphatic rings. The van der Waals surface area contributed by atoms with Crippen molar-refractivity contribution >= 4 is 6.08 Å². The first-order chi connectivity index (χ1) is 16.0. The Balaban J connectivity index is 1.41. The van der Waals surface area contributed by atoms with Crippen LogP contribution in [0.4, 0.5) is 4.39 Å². The molecule has 0 spiro atoms. The van der Waals surface area contributed by atoms with Crippen molar-refractivity contribution in [1.29, 1.82) is 0 Å². The highest BCUT2D eigenvalue weighted by atomic mass is 19.1. The highest BCUT2D eigenvalue weighted by molar-refractivity contribution is 5.42. The van der Waals surface area contributed by atoms with Crippen molar-refractivity contribution in [3.63, 3.8) is 0 Å². The van der Waals surface area contributed by atoms with Gasteiger partial charge in [-0.25, -0.2) is 4.39 Å². The lowest BCUT2D eigenvalue weighted by Gasteiger charge is -2.40. The smallest absolute Gasteiger partial charge is 0.126 e. The molecule has 0 saturated carbocycles. The van der Waals surface area contributed by atoms with Crippen LogP contribution in [0.1, 0.15) is 35.4 Å². The van der Waals surface area contributed by atoms with Crippen LogP contribution in [0.3, 0.4) is 0 Å². The van der Waals surface area contributed by atoms with Crippen molar-refractivity contribution in [2.45, 2.75) is 38.8 Å². The van der Waals surface area contributed by atoms with Crippen LogP contribution < -0.4 is 0 Å². The van der Waals surface area contributed by atoms with Gasteiger partial charge in [-0.2, -0.15) is 5.10 Å². The Labute approximate surface area is 196 Å². The van der Waals surface area contributed by atoms with Crippen molar-refractivity contribution in [2.75, 3.05) is 26.7 Å². The van der Waals surface area contributed by atoms with E-state index in [0.29, 0.717) is 5.92 Å². The van der Waals surface area contributed by atoms with Crippen molar-refractivity contribution in [2.24, 2.45) is 13.0 Å². The van der Waals surface area contributed by atoms with Crippen molar-refractivity contribution < 1.29 is 8.81 Å². The quantitative estimate of drug-likeness (QED) is 0.463. The Morgan fingerprint density at radius 3 is 2.64 bits per heavy atom. The third-order valence-electron chi connectivity index (χ3n) is 6.85. The van der Waals surface area contributed by atoms with E-state index in [-0.39, 0.29) is 11.9 Å². The molecule has 5 nitrogen and oxygen atoms in total. The Kier molecular flexibility index (Phi) is 7.78. The summed E-state index contributed by atoms with van der Waals surface area (Å²) in [5.41, 5.74) is 3.10. The van der Waals surface area contributed by atoms with E-state index in [9.17, 15) is 4.39 Å². The van der Waals surface area contributed by atoms with Crippen LogP contribution in [0.15, 0.2) is 59.4 Å². The lowest BCUT2D eigenvalue weighted by Crippen LogP contribution is -2.45. The third-order valence-corrected chi connectivity index (χ3v) is 6.85. The summed E-state index contributed by atoms with van der Waals surface area (Å²) in [5.74, 6) is 1.31. The number of likely N-dealkylation sites (tertiary alicyclic amines) is 1. The number of rotatable bonds is 9. The second-order valence-electron chi connectivity index (χ2n) is 9.25. The maximum Gasteiger partial charge on any atom is 0.126 e. The molecule has 176 valence electrons. The maximum absolute atomic E-state index is 14.5. The van der Waals surface area contributed by atoms with Gasteiger partial charge in [0.05, 0.1) is 12.0 Å². The SMILES string of the molecule is Cc1nn(C)cc1CN(C)[C@H](Cc1ccccc1F)C1CCN(C/C=C/c2ccco2)CC1. The highest BCUT2D eigenvalue weighted by Crippen LogP contribution is 2.28. The molecule has 1 fully saturated rings. The van der Waals surface area contributed by atoms with E-state index in [4.69, 9.17) is 4.42 Å². The zero-order valence-corrected chi connectivity index (χ0v) is 20.0. The van der Waals surface area contributed by atoms with Gasteiger partial charge < -0.3 is 4.42 Å². The number of piperidine rings is 1. The minimum atomic E-state index is -0.103.